The van der Waals surface area contributed by atoms with Crippen molar-refractivity contribution in [3.05, 3.63) is 0 Å². The predicted octanol–water partition coefficient (Wildman–Crippen LogP) is 0.356. The van der Waals surface area contributed by atoms with Gasteiger partial charge in [-0.05, 0) is 26.1 Å². The molecular formula is C10H23N7. The molecular weight excluding hydrogens is 218 g/mol. The number of aromatic nitrogens is 3. The molecule has 7 nitrogen and oxygen atoms in total. The van der Waals surface area contributed by atoms with Crippen molar-refractivity contribution >= 4 is 17.8 Å². The van der Waals surface area contributed by atoms with Crippen molar-refractivity contribution in [1.29, 1.82) is 0 Å². The second-order valence-corrected chi connectivity index (χ2v) is 3.44. The fourth-order valence-electron chi connectivity index (χ4n) is 1.28. The minimum absolute atomic E-state index is 0.0417. The van der Waals surface area contributed by atoms with Crippen LogP contribution in [0.1, 0.15) is 27.2 Å². The summed E-state index contributed by atoms with van der Waals surface area (Å²) in [6, 6.07) is 0. The highest BCUT2D eigenvalue weighted by Crippen LogP contribution is 1.97. The maximum atomic E-state index is 5.14. The SMILES string of the molecule is CCCN(CC)CC.Nc1nc(N)nc(N)n1. The largest absolute Gasteiger partial charge is 0.368 e. The van der Waals surface area contributed by atoms with Gasteiger partial charge in [-0.1, -0.05) is 20.8 Å². The van der Waals surface area contributed by atoms with Crippen molar-refractivity contribution in [3.63, 3.8) is 0 Å². The Morgan fingerprint density at radius 2 is 1.18 bits per heavy atom. The van der Waals surface area contributed by atoms with Crippen LogP contribution in [0.15, 0.2) is 0 Å². The molecule has 0 atom stereocenters. The summed E-state index contributed by atoms with van der Waals surface area (Å²) in [5.41, 5.74) is 15.4. The van der Waals surface area contributed by atoms with Crippen molar-refractivity contribution in [3.8, 4) is 0 Å². The summed E-state index contributed by atoms with van der Waals surface area (Å²) in [5.74, 6) is 0.125. The zero-order valence-electron chi connectivity index (χ0n) is 10.8. The summed E-state index contributed by atoms with van der Waals surface area (Å²) in [7, 11) is 0. The molecule has 0 radical (unpaired) electrons. The molecule has 0 unspecified atom stereocenters. The maximum absolute atomic E-state index is 5.14. The molecule has 0 aliphatic carbocycles. The average molecular weight is 241 g/mol. The Morgan fingerprint density at radius 3 is 1.35 bits per heavy atom. The highest BCUT2D eigenvalue weighted by molar-refractivity contribution is 5.33. The van der Waals surface area contributed by atoms with E-state index in [-0.39, 0.29) is 17.8 Å². The molecule has 1 heterocycles. The lowest BCUT2D eigenvalue weighted by Gasteiger charge is -2.15. The van der Waals surface area contributed by atoms with E-state index in [4.69, 9.17) is 17.2 Å². The third kappa shape index (κ3) is 7.29. The van der Waals surface area contributed by atoms with Gasteiger partial charge in [-0.2, -0.15) is 15.0 Å². The van der Waals surface area contributed by atoms with Crippen molar-refractivity contribution in [1.82, 2.24) is 19.9 Å². The van der Waals surface area contributed by atoms with Crippen molar-refractivity contribution in [2.45, 2.75) is 27.2 Å². The van der Waals surface area contributed by atoms with Crippen LogP contribution >= 0.6 is 0 Å². The second-order valence-electron chi connectivity index (χ2n) is 3.44. The van der Waals surface area contributed by atoms with E-state index in [1.54, 1.807) is 0 Å². The molecule has 1 aromatic heterocycles. The van der Waals surface area contributed by atoms with Crippen molar-refractivity contribution in [2.24, 2.45) is 0 Å². The Hall–Kier alpha value is -1.63. The normalized spacial score (nSPS) is 9.88. The molecule has 98 valence electrons. The second kappa shape index (κ2) is 8.51. The van der Waals surface area contributed by atoms with Crippen LogP contribution in [0.4, 0.5) is 17.8 Å². The van der Waals surface area contributed by atoms with E-state index in [0.717, 1.165) is 0 Å². The van der Waals surface area contributed by atoms with Gasteiger partial charge in [0.2, 0.25) is 17.8 Å². The van der Waals surface area contributed by atoms with Gasteiger partial charge in [-0.15, -0.1) is 0 Å². The van der Waals surface area contributed by atoms with E-state index in [9.17, 15) is 0 Å². The van der Waals surface area contributed by atoms with Gasteiger partial charge in [0.15, 0.2) is 0 Å². The first kappa shape index (κ1) is 15.4. The third-order valence-electron chi connectivity index (χ3n) is 2.12. The summed E-state index contributed by atoms with van der Waals surface area (Å²) in [6.07, 6.45) is 1.28. The third-order valence-corrected chi connectivity index (χ3v) is 2.12. The molecule has 0 aliphatic rings. The fourth-order valence-corrected chi connectivity index (χ4v) is 1.28. The lowest BCUT2D eigenvalue weighted by Crippen LogP contribution is -2.23. The maximum Gasteiger partial charge on any atom is 0.226 e. The molecule has 0 spiro atoms. The monoisotopic (exact) mass is 241 g/mol. The van der Waals surface area contributed by atoms with E-state index in [1.165, 1.54) is 26.1 Å². The standard InChI is InChI=1S/C7H17N.C3H6N6/c1-4-7-8(5-2)6-3;4-1-7-2(5)9-3(6)8-1/h4-7H2,1-3H3;(H6,4,5,6,7,8,9). The molecule has 7 heteroatoms. The molecule has 0 aromatic carbocycles. The Labute approximate surface area is 102 Å². The van der Waals surface area contributed by atoms with Gasteiger partial charge in [0, 0.05) is 0 Å². The Balaban J connectivity index is 0.000000304. The molecule has 0 fully saturated rings. The first-order valence-corrected chi connectivity index (χ1v) is 5.78. The summed E-state index contributed by atoms with van der Waals surface area (Å²) in [5, 5.41) is 0. The quantitative estimate of drug-likeness (QED) is 0.695. The lowest BCUT2D eigenvalue weighted by atomic mass is 10.4. The molecule has 1 aromatic rings. The van der Waals surface area contributed by atoms with Crippen LogP contribution < -0.4 is 17.2 Å². The number of hydrogen-bond donors (Lipinski definition) is 3. The van der Waals surface area contributed by atoms with Gasteiger partial charge >= 0.3 is 0 Å². The molecule has 0 saturated carbocycles. The lowest BCUT2D eigenvalue weighted by molar-refractivity contribution is 0.304. The van der Waals surface area contributed by atoms with Crippen LogP contribution in [0.5, 0.6) is 0 Å². The van der Waals surface area contributed by atoms with E-state index in [0.29, 0.717) is 0 Å². The molecule has 0 bridgehead atoms. The Kier molecular flexibility index (Phi) is 7.70. The van der Waals surface area contributed by atoms with Crippen LogP contribution in [0.3, 0.4) is 0 Å². The van der Waals surface area contributed by atoms with E-state index >= 15 is 0 Å². The van der Waals surface area contributed by atoms with Gasteiger partial charge in [-0.25, -0.2) is 0 Å². The number of anilines is 3. The minimum Gasteiger partial charge on any atom is -0.368 e. The van der Waals surface area contributed by atoms with Crippen molar-refractivity contribution < 1.29 is 0 Å². The van der Waals surface area contributed by atoms with Gasteiger partial charge in [0.25, 0.3) is 0 Å². The number of hydrogen-bond acceptors (Lipinski definition) is 7. The van der Waals surface area contributed by atoms with Crippen LogP contribution in [0.25, 0.3) is 0 Å². The summed E-state index contributed by atoms with van der Waals surface area (Å²) >= 11 is 0. The van der Waals surface area contributed by atoms with E-state index in [2.05, 4.69) is 40.6 Å². The molecule has 0 aliphatic heterocycles. The van der Waals surface area contributed by atoms with E-state index in [1.807, 2.05) is 0 Å². The zero-order valence-corrected chi connectivity index (χ0v) is 10.8. The fraction of sp³-hybridized carbons (Fsp3) is 0.700. The van der Waals surface area contributed by atoms with Crippen molar-refractivity contribution in [2.75, 3.05) is 36.8 Å². The van der Waals surface area contributed by atoms with Crippen LogP contribution in [-0.2, 0) is 0 Å². The zero-order chi connectivity index (χ0) is 13.3. The first-order chi connectivity index (χ1) is 8.03. The minimum atomic E-state index is 0.0417. The topological polar surface area (TPSA) is 120 Å². The number of nitrogens with zero attached hydrogens (tertiary/aromatic N) is 4. The van der Waals surface area contributed by atoms with Crippen LogP contribution in [-0.4, -0.2) is 39.5 Å². The highest BCUT2D eigenvalue weighted by atomic mass is 15.2. The number of rotatable bonds is 4. The van der Waals surface area contributed by atoms with Gasteiger partial charge < -0.3 is 22.1 Å². The van der Waals surface area contributed by atoms with E-state index < -0.39 is 0 Å². The summed E-state index contributed by atoms with van der Waals surface area (Å²) in [4.78, 5) is 12.9. The molecule has 17 heavy (non-hydrogen) atoms. The van der Waals surface area contributed by atoms with Crippen LogP contribution in [0, 0.1) is 0 Å². The Bertz CT molecular complexity index is 261. The van der Waals surface area contributed by atoms with Gasteiger partial charge in [-0.3, -0.25) is 0 Å². The summed E-state index contributed by atoms with van der Waals surface area (Å²) in [6.45, 7) is 10.3. The number of nitrogens with two attached hydrogens (primary N) is 3. The Morgan fingerprint density at radius 1 is 0.824 bits per heavy atom. The predicted molar refractivity (Wildman–Crippen MR) is 71.1 cm³/mol. The molecule has 1 rings (SSSR count). The molecule has 6 N–H and O–H groups in total. The number of nitrogen functional groups attached to an aromatic ring is 3. The van der Waals surface area contributed by atoms with Gasteiger partial charge in [0.05, 0.1) is 0 Å². The smallest absolute Gasteiger partial charge is 0.226 e. The molecule has 0 amide bonds. The average Bonchev–Trinajstić information content (AvgIpc) is 2.24. The highest BCUT2D eigenvalue weighted by Gasteiger charge is 1.94. The van der Waals surface area contributed by atoms with Crippen LogP contribution in [0.2, 0.25) is 0 Å². The van der Waals surface area contributed by atoms with Gasteiger partial charge in [0.1, 0.15) is 0 Å². The molecule has 0 saturated heterocycles. The first-order valence-electron chi connectivity index (χ1n) is 5.78. The summed E-state index contributed by atoms with van der Waals surface area (Å²) < 4.78 is 0.